The van der Waals surface area contributed by atoms with Crippen LogP contribution < -0.4 is 5.32 Å². The van der Waals surface area contributed by atoms with Crippen molar-refractivity contribution in [3.05, 3.63) is 39.9 Å². The zero-order valence-corrected chi connectivity index (χ0v) is 12.1. The standard InChI is InChI=1S/C14H19N3O4/c1-10(9-21-2)8-16-13(18)7-15-14(16)11-3-5-12(6-4-11)17(19)20/h3-6,10,14-15H,7-9H2,1-2H3. The van der Waals surface area contributed by atoms with Gasteiger partial charge in [0.25, 0.3) is 5.69 Å². The molecule has 1 aliphatic rings. The predicted molar refractivity (Wildman–Crippen MR) is 76.6 cm³/mol. The van der Waals surface area contributed by atoms with Crippen LogP contribution in [0.2, 0.25) is 0 Å². The second kappa shape index (κ2) is 6.64. The number of nitrogens with one attached hydrogen (secondary N) is 1. The Hall–Kier alpha value is -1.99. The van der Waals surface area contributed by atoms with E-state index in [1.807, 2.05) is 6.92 Å². The van der Waals surface area contributed by atoms with Crippen molar-refractivity contribution in [1.82, 2.24) is 10.2 Å². The van der Waals surface area contributed by atoms with Crippen LogP contribution in [0.15, 0.2) is 24.3 Å². The average molecular weight is 293 g/mol. The second-order valence-corrected chi connectivity index (χ2v) is 5.24. The number of benzene rings is 1. The Labute approximate surface area is 123 Å². The minimum Gasteiger partial charge on any atom is -0.384 e. The molecule has 0 spiro atoms. The maximum absolute atomic E-state index is 12.0. The number of nitro benzene ring substituents is 1. The molecule has 2 unspecified atom stereocenters. The first kappa shape index (κ1) is 15.4. The number of methoxy groups -OCH3 is 1. The fourth-order valence-electron chi connectivity index (χ4n) is 2.50. The number of hydrogen-bond donors (Lipinski definition) is 1. The quantitative estimate of drug-likeness (QED) is 0.631. The summed E-state index contributed by atoms with van der Waals surface area (Å²) in [6.45, 7) is 3.46. The van der Waals surface area contributed by atoms with E-state index < -0.39 is 4.92 Å². The molecular formula is C14H19N3O4. The lowest BCUT2D eigenvalue weighted by molar-refractivity contribution is -0.384. The Morgan fingerprint density at radius 2 is 2.14 bits per heavy atom. The zero-order chi connectivity index (χ0) is 15.4. The summed E-state index contributed by atoms with van der Waals surface area (Å²) < 4.78 is 5.10. The number of nitro groups is 1. The van der Waals surface area contributed by atoms with Gasteiger partial charge in [0.05, 0.1) is 18.1 Å². The Morgan fingerprint density at radius 3 is 2.71 bits per heavy atom. The van der Waals surface area contributed by atoms with E-state index in [2.05, 4.69) is 5.32 Å². The van der Waals surface area contributed by atoms with Gasteiger partial charge in [-0.1, -0.05) is 6.92 Å². The van der Waals surface area contributed by atoms with Crippen molar-refractivity contribution < 1.29 is 14.5 Å². The summed E-state index contributed by atoms with van der Waals surface area (Å²) in [6.07, 6.45) is -0.238. The molecular weight excluding hydrogens is 274 g/mol. The largest absolute Gasteiger partial charge is 0.384 e. The molecule has 0 aromatic heterocycles. The fraction of sp³-hybridized carbons (Fsp3) is 0.500. The van der Waals surface area contributed by atoms with Crippen molar-refractivity contribution in [2.75, 3.05) is 26.8 Å². The third-order valence-electron chi connectivity index (χ3n) is 3.46. The highest BCUT2D eigenvalue weighted by molar-refractivity contribution is 5.81. The van der Waals surface area contributed by atoms with E-state index in [0.29, 0.717) is 13.2 Å². The molecule has 1 aromatic carbocycles. The lowest BCUT2D eigenvalue weighted by Gasteiger charge is -2.27. The normalized spacial score (nSPS) is 19.8. The van der Waals surface area contributed by atoms with Crippen molar-refractivity contribution >= 4 is 11.6 Å². The van der Waals surface area contributed by atoms with Crippen LogP contribution in [0.4, 0.5) is 5.69 Å². The Bertz CT molecular complexity index is 517. The van der Waals surface area contributed by atoms with Crippen molar-refractivity contribution in [1.29, 1.82) is 0 Å². The van der Waals surface area contributed by atoms with Gasteiger partial charge in [-0.15, -0.1) is 0 Å². The number of ether oxygens (including phenoxy) is 1. The van der Waals surface area contributed by atoms with Crippen LogP contribution >= 0.6 is 0 Å². The predicted octanol–water partition coefficient (Wildman–Crippen LogP) is 1.31. The number of nitrogens with zero attached hydrogens (tertiary/aromatic N) is 2. The summed E-state index contributed by atoms with van der Waals surface area (Å²) in [6, 6.07) is 6.28. The van der Waals surface area contributed by atoms with E-state index in [-0.39, 0.29) is 30.2 Å². The van der Waals surface area contributed by atoms with Crippen molar-refractivity contribution in [2.24, 2.45) is 5.92 Å². The molecule has 0 bridgehead atoms. The molecule has 2 rings (SSSR count). The molecule has 0 radical (unpaired) electrons. The second-order valence-electron chi connectivity index (χ2n) is 5.24. The smallest absolute Gasteiger partial charge is 0.269 e. The molecule has 114 valence electrons. The molecule has 1 aromatic rings. The number of non-ortho nitro benzene ring substituents is 1. The third kappa shape index (κ3) is 3.56. The van der Waals surface area contributed by atoms with Gasteiger partial charge < -0.3 is 9.64 Å². The molecule has 1 N–H and O–H groups in total. The monoisotopic (exact) mass is 293 g/mol. The number of carbonyl (C=O) groups is 1. The van der Waals surface area contributed by atoms with Crippen LogP contribution in [0.5, 0.6) is 0 Å². The maximum atomic E-state index is 12.0. The van der Waals surface area contributed by atoms with Gasteiger partial charge in [0.15, 0.2) is 0 Å². The first-order valence-electron chi connectivity index (χ1n) is 6.79. The summed E-state index contributed by atoms with van der Waals surface area (Å²) in [5.41, 5.74) is 0.887. The topological polar surface area (TPSA) is 84.7 Å². The minimum atomic E-state index is -0.435. The van der Waals surface area contributed by atoms with Crippen molar-refractivity contribution in [3.63, 3.8) is 0 Å². The van der Waals surface area contributed by atoms with Gasteiger partial charge in [0, 0.05) is 25.8 Å². The van der Waals surface area contributed by atoms with Gasteiger partial charge >= 0.3 is 0 Å². The van der Waals surface area contributed by atoms with E-state index >= 15 is 0 Å². The van der Waals surface area contributed by atoms with Gasteiger partial charge in [-0.25, -0.2) is 0 Å². The molecule has 21 heavy (non-hydrogen) atoms. The third-order valence-corrected chi connectivity index (χ3v) is 3.46. The summed E-state index contributed by atoms with van der Waals surface area (Å²) >= 11 is 0. The van der Waals surface area contributed by atoms with E-state index in [9.17, 15) is 14.9 Å². The molecule has 7 heteroatoms. The summed E-state index contributed by atoms with van der Waals surface area (Å²) in [7, 11) is 1.63. The first-order chi connectivity index (χ1) is 10.0. The summed E-state index contributed by atoms with van der Waals surface area (Å²) in [5.74, 6) is 0.251. The molecule has 0 aliphatic carbocycles. The molecule has 2 atom stereocenters. The van der Waals surface area contributed by atoms with Crippen LogP contribution in [0.25, 0.3) is 0 Å². The molecule has 1 amide bonds. The van der Waals surface area contributed by atoms with Gasteiger partial charge in [-0.3, -0.25) is 20.2 Å². The van der Waals surface area contributed by atoms with Gasteiger partial charge in [0.2, 0.25) is 5.91 Å². The van der Waals surface area contributed by atoms with E-state index in [1.54, 1.807) is 24.1 Å². The Kier molecular flexibility index (Phi) is 4.87. The first-order valence-corrected chi connectivity index (χ1v) is 6.79. The zero-order valence-electron chi connectivity index (χ0n) is 12.1. The highest BCUT2D eigenvalue weighted by Crippen LogP contribution is 2.25. The Morgan fingerprint density at radius 1 is 1.48 bits per heavy atom. The lowest BCUT2D eigenvalue weighted by Crippen LogP contribution is -2.35. The Balaban J connectivity index is 2.13. The van der Waals surface area contributed by atoms with Gasteiger partial charge in [0.1, 0.15) is 6.17 Å². The van der Waals surface area contributed by atoms with Crippen molar-refractivity contribution in [3.8, 4) is 0 Å². The van der Waals surface area contributed by atoms with E-state index in [4.69, 9.17) is 4.74 Å². The highest BCUT2D eigenvalue weighted by atomic mass is 16.6. The van der Waals surface area contributed by atoms with E-state index in [0.717, 1.165) is 5.56 Å². The van der Waals surface area contributed by atoms with Crippen molar-refractivity contribution in [2.45, 2.75) is 13.1 Å². The summed E-state index contributed by atoms with van der Waals surface area (Å²) in [5, 5.41) is 13.8. The number of hydrogen-bond acceptors (Lipinski definition) is 5. The molecule has 1 fully saturated rings. The molecule has 1 heterocycles. The van der Waals surface area contributed by atoms with Crippen LogP contribution in [0.1, 0.15) is 18.7 Å². The van der Waals surface area contributed by atoms with Gasteiger partial charge in [-0.2, -0.15) is 0 Å². The molecule has 1 aliphatic heterocycles. The highest BCUT2D eigenvalue weighted by Gasteiger charge is 2.32. The van der Waals surface area contributed by atoms with Crippen LogP contribution in [-0.4, -0.2) is 42.5 Å². The summed E-state index contributed by atoms with van der Waals surface area (Å²) in [4.78, 5) is 24.0. The fourth-order valence-corrected chi connectivity index (χ4v) is 2.50. The maximum Gasteiger partial charge on any atom is 0.269 e. The van der Waals surface area contributed by atoms with Gasteiger partial charge in [-0.05, 0) is 23.6 Å². The van der Waals surface area contributed by atoms with E-state index in [1.165, 1.54) is 12.1 Å². The van der Waals surface area contributed by atoms with Crippen LogP contribution in [-0.2, 0) is 9.53 Å². The van der Waals surface area contributed by atoms with Crippen LogP contribution in [0.3, 0.4) is 0 Å². The SMILES string of the molecule is COCC(C)CN1C(=O)CNC1c1ccc([N+](=O)[O-])cc1. The minimum absolute atomic E-state index is 0.0290. The number of rotatable bonds is 6. The molecule has 1 saturated heterocycles. The lowest BCUT2D eigenvalue weighted by atomic mass is 10.1. The number of carbonyl (C=O) groups excluding carboxylic acids is 1. The number of amides is 1. The molecule has 7 nitrogen and oxygen atoms in total. The average Bonchev–Trinajstić information content (AvgIpc) is 2.81. The van der Waals surface area contributed by atoms with Crippen LogP contribution in [0, 0.1) is 16.0 Å². The molecule has 0 saturated carbocycles.